The Morgan fingerprint density at radius 2 is 1.65 bits per heavy atom. The molecule has 1 saturated heterocycles. The van der Waals surface area contributed by atoms with Gasteiger partial charge < -0.3 is 20.3 Å². The summed E-state index contributed by atoms with van der Waals surface area (Å²) in [5.41, 5.74) is 1.36. The highest BCUT2D eigenvalue weighted by Gasteiger charge is 2.31. The molecule has 2 aliphatic rings. The first kappa shape index (κ1) is 23.8. The number of carbonyl (C=O) groups excluding carboxylic acids is 3. The lowest BCUT2D eigenvalue weighted by atomic mass is 9.92. The topological polar surface area (TPSA) is 87.7 Å². The number of piperidine rings is 1. The first-order valence-corrected chi connectivity index (χ1v) is 12.2. The molecule has 3 amide bonds. The molecule has 7 heteroatoms. The van der Waals surface area contributed by atoms with E-state index < -0.39 is 0 Å². The van der Waals surface area contributed by atoms with E-state index in [4.69, 9.17) is 4.74 Å². The molecule has 1 aliphatic heterocycles. The number of benzene rings is 2. The van der Waals surface area contributed by atoms with Gasteiger partial charge in [0.25, 0.3) is 11.8 Å². The summed E-state index contributed by atoms with van der Waals surface area (Å²) in [6.45, 7) is 1.00. The van der Waals surface area contributed by atoms with Crippen LogP contribution >= 0.6 is 0 Å². The van der Waals surface area contributed by atoms with Crippen molar-refractivity contribution >= 4 is 23.4 Å². The largest absolute Gasteiger partial charge is 0.497 e. The smallest absolute Gasteiger partial charge is 0.255 e. The summed E-state index contributed by atoms with van der Waals surface area (Å²) in [4.78, 5) is 40.8. The van der Waals surface area contributed by atoms with E-state index in [0.29, 0.717) is 35.7 Å². The third-order valence-electron chi connectivity index (χ3n) is 6.79. The van der Waals surface area contributed by atoms with Crippen LogP contribution in [0.1, 0.15) is 65.7 Å². The van der Waals surface area contributed by atoms with Crippen molar-refractivity contribution in [3.8, 4) is 5.75 Å². The maximum atomic E-state index is 13.4. The summed E-state index contributed by atoms with van der Waals surface area (Å²) < 4.78 is 5.14. The maximum absolute atomic E-state index is 13.4. The lowest BCUT2D eigenvalue weighted by Crippen LogP contribution is -2.48. The second-order valence-electron chi connectivity index (χ2n) is 9.16. The van der Waals surface area contributed by atoms with Gasteiger partial charge in [0.2, 0.25) is 5.91 Å². The second kappa shape index (κ2) is 11.2. The highest BCUT2D eigenvalue weighted by Crippen LogP contribution is 2.24. The van der Waals surface area contributed by atoms with Crippen LogP contribution in [0.3, 0.4) is 0 Å². The van der Waals surface area contributed by atoms with Crippen LogP contribution < -0.4 is 15.4 Å². The second-order valence-corrected chi connectivity index (χ2v) is 9.16. The minimum atomic E-state index is -0.300. The van der Waals surface area contributed by atoms with Gasteiger partial charge in [0.05, 0.1) is 24.3 Å². The number of carbonyl (C=O) groups is 3. The fourth-order valence-electron chi connectivity index (χ4n) is 4.83. The van der Waals surface area contributed by atoms with E-state index in [2.05, 4.69) is 10.6 Å². The number of hydrogen-bond donors (Lipinski definition) is 2. The monoisotopic (exact) mass is 463 g/mol. The molecule has 180 valence electrons. The van der Waals surface area contributed by atoms with E-state index >= 15 is 0 Å². The van der Waals surface area contributed by atoms with E-state index in [-0.39, 0.29) is 29.7 Å². The van der Waals surface area contributed by atoms with Gasteiger partial charge in [-0.3, -0.25) is 14.4 Å². The van der Waals surface area contributed by atoms with E-state index in [9.17, 15) is 14.4 Å². The van der Waals surface area contributed by atoms with Gasteiger partial charge in [-0.05, 0) is 62.1 Å². The number of methoxy groups -OCH3 is 1. The van der Waals surface area contributed by atoms with Gasteiger partial charge in [-0.2, -0.15) is 0 Å². The number of nitrogens with one attached hydrogen (secondary N) is 2. The minimum Gasteiger partial charge on any atom is -0.497 e. The van der Waals surface area contributed by atoms with Crippen molar-refractivity contribution in [1.82, 2.24) is 10.2 Å². The molecule has 2 N–H and O–H groups in total. The van der Waals surface area contributed by atoms with Crippen molar-refractivity contribution < 1.29 is 19.1 Å². The zero-order chi connectivity index (χ0) is 23.9. The summed E-state index contributed by atoms with van der Waals surface area (Å²) >= 11 is 0. The third-order valence-corrected chi connectivity index (χ3v) is 6.79. The molecule has 2 aromatic carbocycles. The standard InChI is InChI=1S/C27H33N3O4/c1-34-22-15-13-19(14-16-22)25(31)29-24-12-6-5-11-23(24)27(33)30-17-7-8-20(18-30)26(32)28-21-9-3-2-4-10-21/h5-6,11-16,20-21H,2-4,7-10,17-18H2,1H3,(H,28,32)(H,29,31). The molecule has 1 aliphatic carbocycles. The summed E-state index contributed by atoms with van der Waals surface area (Å²) in [6.07, 6.45) is 7.24. The van der Waals surface area contributed by atoms with Crippen molar-refractivity contribution in [3.05, 3.63) is 59.7 Å². The molecular weight excluding hydrogens is 430 g/mol. The molecule has 0 radical (unpaired) electrons. The summed E-state index contributed by atoms with van der Waals surface area (Å²) in [5, 5.41) is 6.07. The molecular formula is C27H33N3O4. The van der Waals surface area contributed by atoms with Gasteiger partial charge in [0, 0.05) is 24.7 Å². The number of amides is 3. The molecule has 2 fully saturated rings. The third kappa shape index (κ3) is 5.76. The molecule has 1 saturated carbocycles. The van der Waals surface area contributed by atoms with Crippen molar-refractivity contribution in [2.75, 3.05) is 25.5 Å². The van der Waals surface area contributed by atoms with Crippen LogP contribution in [0.5, 0.6) is 5.75 Å². The Balaban J connectivity index is 1.42. The van der Waals surface area contributed by atoms with Crippen LogP contribution in [0, 0.1) is 5.92 Å². The van der Waals surface area contributed by atoms with Crippen LogP contribution in [0.4, 0.5) is 5.69 Å². The Bertz CT molecular complexity index is 1010. The van der Waals surface area contributed by atoms with Crippen LogP contribution in [-0.2, 0) is 4.79 Å². The molecule has 0 spiro atoms. The van der Waals surface area contributed by atoms with Crippen molar-refractivity contribution in [2.45, 2.75) is 51.0 Å². The SMILES string of the molecule is COc1ccc(C(=O)Nc2ccccc2C(=O)N2CCCC(C(=O)NC3CCCCC3)C2)cc1. The molecule has 4 rings (SSSR count). The minimum absolute atomic E-state index is 0.0606. The van der Waals surface area contributed by atoms with E-state index in [0.717, 1.165) is 25.7 Å². The van der Waals surface area contributed by atoms with Crippen LogP contribution in [0.2, 0.25) is 0 Å². The molecule has 1 heterocycles. The number of hydrogen-bond acceptors (Lipinski definition) is 4. The Kier molecular flexibility index (Phi) is 7.83. The van der Waals surface area contributed by atoms with Crippen LogP contribution in [0.25, 0.3) is 0 Å². The average molecular weight is 464 g/mol. The Morgan fingerprint density at radius 3 is 2.38 bits per heavy atom. The van der Waals surface area contributed by atoms with Crippen LogP contribution in [-0.4, -0.2) is 48.9 Å². The van der Waals surface area contributed by atoms with E-state index in [1.165, 1.54) is 19.3 Å². The highest BCUT2D eigenvalue weighted by atomic mass is 16.5. The normalized spacial score (nSPS) is 18.7. The van der Waals surface area contributed by atoms with E-state index in [1.54, 1.807) is 60.5 Å². The van der Waals surface area contributed by atoms with Gasteiger partial charge in [0.1, 0.15) is 5.75 Å². The molecule has 2 aromatic rings. The number of likely N-dealkylation sites (tertiary alicyclic amines) is 1. The first-order valence-electron chi connectivity index (χ1n) is 12.2. The summed E-state index contributed by atoms with van der Waals surface area (Å²) in [5.74, 6) is 0.0672. The lowest BCUT2D eigenvalue weighted by molar-refractivity contribution is -0.127. The number of nitrogens with zero attached hydrogens (tertiary/aromatic N) is 1. The fourth-order valence-corrected chi connectivity index (χ4v) is 4.83. The molecule has 7 nitrogen and oxygen atoms in total. The number of rotatable bonds is 6. The highest BCUT2D eigenvalue weighted by molar-refractivity contribution is 6.09. The molecule has 0 bridgehead atoms. The number of para-hydroxylation sites is 1. The molecule has 1 unspecified atom stereocenters. The summed E-state index contributed by atoms with van der Waals surface area (Å²) in [7, 11) is 1.57. The van der Waals surface area contributed by atoms with Gasteiger partial charge in [-0.1, -0.05) is 31.4 Å². The number of anilines is 1. The zero-order valence-electron chi connectivity index (χ0n) is 19.7. The fraction of sp³-hybridized carbons (Fsp3) is 0.444. The Hall–Kier alpha value is -3.35. The predicted octanol–water partition coefficient (Wildman–Crippen LogP) is 4.25. The van der Waals surface area contributed by atoms with Gasteiger partial charge in [-0.15, -0.1) is 0 Å². The van der Waals surface area contributed by atoms with Crippen molar-refractivity contribution in [1.29, 1.82) is 0 Å². The lowest BCUT2D eigenvalue weighted by Gasteiger charge is -2.34. The number of ether oxygens (including phenoxy) is 1. The van der Waals surface area contributed by atoms with Crippen molar-refractivity contribution in [3.63, 3.8) is 0 Å². The zero-order valence-corrected chi connectivity index (χ0v) is 19.7. The van der Waals surface area contributed by atoms with Gasteiger partial charge in [0.15, 0.2) is 0 Å². The maximum Gasteiger partial charge on any atom is 0.255 e. The van der Waals surface area contributed by atoms with Gasteiger partial charge in [-0.25, -0.2) is 0 Å². The van der Waals surface area contributed by atoms with E-state index in [1.807, 2.05) is 0 Å². The Morgan fingerprint density at radius 1 is 0.912 bits per heavy atom. The molecule has 1 atom stereocenters. The Labute approximate surface area is 200 Å². The molecule has 0 aromatic heterocycles. The average Bonchev–Trinajstić information content (AvgIpc) is 2.89. The molecule has 34 heavy (non-hydrogen) atoms. The first-order chi connectivity index (χ1) is 16.5. The van der Waals surface area contributed by atoms with Gasteiger partial charge >= 0.3 is 0 Å². The predicted molar refractivity (Wildman–Crippen MR) is 131 cm³/mol. The quantitative estimate of drug-likeness (QED) is 0.671. The van der Waals surface area contributed by atoms with Crippen molar-refractivity contribution in [2.24, 2.45) is 5.92 Å². The summed E-state index contributed by atoms with van der Waals surface area (Å²) in [6, 6.07) is 14.1. The van der Waals surface area contributed by atoms with Crippen LogP contribution in [0.15, 0.2) is 48.5 Å².